The molecular formula is C24H22F3N3O2. The lowest BCUT2D eigenvalue weighted by Crippen LogP contribution is -2.29. The Hall–Kier alpha value is -3.65. The average Bonchev–Trinajstić information content (AvgIpc) is 2.79. The third-order valence-corrected chi connectivity index (χ3v) is 4.96. The Bertz CT molecular complexity index is 1080. The maximum absolute atomic E-state index is 12.9. The molecule has 0 atom stereocenters. The Balaban J connectivity index is 1.91. The van der Waals surface area contributed by atoms with E-state index in [1.165, 1.54) is 17.1 Å². The first-order valence-electron chi connectivity index (χ1n) is 9.76. The average molecular weight is 441 g/mol. The smallest absolute Gasteiger partial charge is 0.416 e. The first-order chi connectivity index (χ1) is 15.3. The van der Waals surface area contributed by atoms with Crippen molar-refractivity contribution in [3.8, 4) is 0 Å². The fourth-order valence-electron chi connectivity index (χ4n) is 3.17. The summed E-state index contributed by atoms with van der Waals surface area (Å²) in [4.78, 5) is 14.5. The molecule has 3 rings (SSSR count). The molecule has 0 aliphatic heterocycles. The van der Waals surface area contributed by atoms with E-state index >= 15 is 0 Å². The van der Waals surface area contributed by atoms with Crippen LogP contribution >= 0.6 is 0 Å². The SMILES string of the molecule is Cc1ccc(C/C=C(/c2ccncc2)N(N)c2ccc(C(F)(F)F)cc2)cc1COC=O. The van der Waals surface area contributed by atoms with Gasteiger partial charge in [-0.25, -0.2) is 5.84 Å². The predicted molar refractivity (Wildman–Crippen MR) is 116 cm³/mol. The molecule has 1 aromatic heterocycles. The first-order valence-corrected chi connectivity index (χ1v) is 9.76. The van der Waals surface area contributed by atoms with Gasteiger partial charge in [-0.05, 0) is 66.4 Å². The number of ether oxygens (including phenoxy) is 1. The highest BCUT2D eigenvalue weighted by Gasteiger charge is 2.30. The van der Waals surface area contributed by atoms with Crippen molar-refractivity contribution >= 4 is 17.9 Å². The Kier molecular flexibility index (Phi) is 7.27. The molecule has 0 amide bonds. The molecule has 0 bridgehead atoms. The Labute approximate surface area is 183 Å². The molecule has 0 radical (unpaired) electrons. The number of alkyl halides is 3. The summed E-state index contributed by atoms with van der Waals surface area (Å²) in [5.41, 5.74) is 3.89. The molecule has 32 heavy (non-hydrogen) atoms. The zero-order valence-corrected chi connectivity index (χ0v) is 17.3. The zero-order chi connectivity index (χ0) is 23.1. The maximum Gasteiger partial charge on any atom is 0.416 e. The minimum atomic E-state index is -4.42. The number of aryl methyl sites for hydroxylation is 1. The summed E-state index contributed by atoms with van der Waals surface area (Å²) >= 11 is 0. The largest absolute Gasteiger partial charge is 0.463 e. The number of hydrazine groups is 1. The number of nitrogens with zero attached hydrogens (tertiary/aromatic N) is 2. The summed E-state index contributed by atoms with van der Waals surface area (Å²) in [6, 6.07) is 14.0. The van der Waals surface area contributed by atoms with Crippen LogP contribution < -0.4 is 10.9 Å². The van der Waals surface area contributed by atoms with Crippen molar-refractivity contribution in [1.82, 2.24) is 4.98 Å². The van der Waals surface area contributed by atoms with E-state index in [1.54, 1.807) is 24.5 Å². The van der Waals surface area contributed by atoms with Gasteiger partial charge in [-0.2, -0.15) is 13.2 Å². The number of hydrogen-bond donors (Lipinski definition) is 1. The van der Waals surface area contributed by atoms with E-state index in [9.17, 15) is 18.0 Å². The van der Waals surface area contributed by atoms with Crippen molar-refractivity contribution < 1.29 is 22.7 Å². The number of aromatic nitrogens is 1. The molecule has 0 saturated heterocycles. The van der Waals surface area contributed by atoms with Crippen LogP contribution in [0.15, 0.2) is 73.1 Å². The van der Waals surface area contributed by atoms with E-state index in [-0.39, 0.29) is 6.61 Å². The highest BCUT2D eigenvalue weighted by Crippen LogP contribution is 2.31. The Morgan fingerprint density at radius 3 is 2.41 bits per heavy atom. The van der Waals surface area contributed by atoms with E-state index in [2.05, 4.69) is 4.98 Å². The molecule has 2 aromatic carbocycles. The van der Waals surface area contributed by atoms with Crippen LogP contribution in [0.3, 0.4) is 0 Å². The summed E-state index contributed by atoms with van der Waals surface area (Å²) < 4.78 is 43.6. The number of benzene rings is 2. The molecule has 8 heteroatoms. The normalized spacial score (nSPS) is 11.8. The van der Waals surface area contributed by atoms with Gasteiger partial charge in [-0.15, -0.1) is 0 Å². The van der Waals surface area contributed by atoms with Crippen LogP contribution in [0.4, 0.5) is 18.9 Å². The molecule has 0 aliphatic carbocycles. The van der Waals surface area contributed by atoms with Gasteiger partial charge in [0.15, 0.2) is 0 Å². The van der Waals surface area contributed by atoms with Crippen LogP contribution in [0, 0.1) is 6.92 Å². The molecule has 166 valence electrons. The molecule has 3 aromatic rings. The lowest BCUT2D eigenvalue weighted by atomic mass is 10.0. The number of nitrogens with two attached hydrogens (primary N) is 1. The van der Waals surface area contributed by atoms with Gasteiger partial charge in [0.2, 0.25) is 0 Å². The van der Waals surface area contributed by atoms with Gasteiger partial charge >= 0.3 is 6.18 Å². The van der Waals surface area contributed by atoms with Crippen molar-refractivity contribution in [1.29, 1.82) is 0 Å². The fourth-order valence-corrected chi connectivity index (χ4v) is 3.17. The molecule has 5 nitrogen and oxygen atoms in total. The lowest BCUT2D eigenvalue weighted by molar-refractivity contribution is -0.137. The molecule has 0 unspecified atom stereocenters. The summed E-state index contributed by atoms with van der Waals surface area (Å²) in [6.45, 7) is 2.51. The van der Waals surface area contributed by atoms with Crippen molar-refractivity contribution in [3.63, 3.8) is 0 Å². The van der Waals surface area contributed by atoms with E-state index in [0.29, 0.717) is 24.3 Å². The van der Waals surface area contributed by atoms with Gasteiger partial charge in [0, 0.05) is 18.0 Å². The van der Waals surface area contributed by atoms with Crippen molar-refractivity contribution in [2.75, 3.05) is 5.01 Å². The predicted octanol–water partition coefficient (Wildman–Crippen LogP) is 5.05. The van der Waals surface area contributed by atoms with E-state index < -0.39 is 11.7 Å². The molecular weight excluding hydrogens is 419 g/mol. The van der Waals surface area contributed by atoms with E-state index in [1.807, 2.05) is 31.2 Å². The number of carbonyl (C=O) groups is 1. The van der Waals surface area contributed by atoms with Crippen LogP contribution in [-0.2, 0) is 28.7 Å². The Morgan fingerprint density at radius 1 is 1.09 bits per heavy atom. The van der Waals surface area contributed by atoms with Gasteiger partial charge in [0.1, 0.15) is 6.61 Å². The topological polar surface area (TPSA) is 68.5 Å². The number of hydrogen-bond acceptors (Lipinski definition) is 5. The molecule has 0 saturated carbocycles. The van der Waals surface area contributed by atoms with Crippen LogP contribution in [0.5, 0.6) is 0 Å². The van der Waals surface area contributed by atoms with E-state index in [0.717, 1.165) is 34.4 Å². The fraction of sp³-hybridized carbons (Fsp3) is 0.167. The lowest BCUT2D eigenvalue weighted by Gasteiger charge is -2.23. The number of halogens is 3. The summed E-state index contributed by atoms with van der Waals surface area (Å²) in [6.07, 6.45) is 1.20. The van der Waals surface area contributed by atoms with Gasteiger partial charge in [0.05, 0.1) is 16.9 Å². The van der Waals surface area contributed by atoms with Gasteiger partial charge in [-0.3, -0.25) is 14.8 Å². The second-order valence-electron chi connectivity index (χ2n) is 7.11. The van der Waals surface area contributed by atoms with Gasteiger partial charge in [-0.1, -0.05) is 24.3 Å². The van der Waals surface area contributed by atoms with Crippen LogP contribution in [0.25, 0.3) is 5.70 Å². The molecule has 0 fully saturated rings. The third-order valence-electron chi connectivity index (χ3n) is 4.96. The summed E-state index contributed by atoms with van der Waals surface area (Å²) in [5.74, 6) is 6.32. The number of pyridine rings is 1. The van der Waals surface area contributed by atoms with Gasteiger partial charge in [0.25, 0.3) is 6.47 Å². The van der Waals surface area contributed by atoms with Crippen LogP contribution in [-0.4, -0.2) is 11.5 Å². The number of anilines is 1. The van der Waals surface area contributed by atoms with E-state index in [4.69, 9.17) is 10.6 Å². The van der Waals surface area contributed by atoms with Gasteiger partial charge < -0.3 is 4.74 Å². The zero-order valence-electron chi connectivity index (χ0n) is 17.3. The number of carbonyl (C=O) groups excluding carboxylic acids is 1. The molecule has 1 heterocycles. The number of rotatable bonds is 8. The summed E-state index contributed by atoms with van der Waals surface area (Å²) in [7, 11) is 0. The summed E-state index contributed by atoms with van der Waals surface area (Å²) in [5, 5.41) is 1.35. The minimum absolute atomic E-state index is 0.179. The second-order valence-corrected chi connectivity index (χ2v) is 7.11. The molecule has 0 aliphatic rings. The first kappa shape index (κ1) is 23.0. The van der Waals surface area contributed by atoms with Crippen molar-refractivity contribution in [2.24, 2.45) is 5.84 Å². The highest BCUT2D eigenvalue weighted by molar-refractivity contribution is 5.78. The highest BCUT2D eigenvalue weighted by atomic mass is 19.4. The van der Waals surface area contributed by atoms with Crippen molar-refractivity contribution in [3.05, 3.63) is 101 Å². The third kappa shape index (κ3) is 5.73. The molecule has 0 spiro atoms. The van der Waals surface area contributed by atoms with Crippen molar-refractivity contribution in [2.45, 2.75) is 26.1 Å². The minimum Gasteiger partial charge on any atom is -0.463 e. The van der Waals surface area contributed by atoms with Crippen LogP contribution in [0.1, 0.15) is 27.8 Å². The maximum atomic E-state index is 12.9. The number of allylic oxidation sites excluding steroid dienone is 1. The monoisotopic (exact) mass is 441 g/mol. The Morgan fingerprint density at radius 2 is 1.78 bits per heavy atom. The quantitative estimate of drug-likeness (QED) is 0.301. The molecule has 2 N–H and O–H groups in total. The standard InChI is InChI=1S/C24H22F3N3O2/c1-17-2-3-18(14-20(17)15-32-16-31)4-9-23(19-10-12-29-13-11-19)30(28)22-7-5-21(6-8-22)24(25,26)27/h2-3,5-14,16H,4,15,28H2,1H3/b23-9-. The second kappa shape index (κ2) is 10.1. The van der Waals surface area contributed by atoms with Crippen LogP contribution in [0.2, 0.25) is 0 Å².